The Balaban J connectivity index is 2.48. The first kappa shape index (κ1) is 15.4. The van der Waals surface area contributed by atoms with Crippen molar-refractivity contribution >= 4 is 16.2 Å². The highest BCUT2D eigenvalue weighted by Crippen LogP contribution is 2.24. The van der Waals surface area contributed by atoms with Gasteiger partial charge in [0, 0.05) is 12.6 Å². The Morgan fingerprint density at radius 3 is 2.33 bits per heavy atom. The minimum atomic E-state index is -3.57. The second-order valence-electron chi connectivity index (χ2n) is 6.04. The molecule has 0 amide bonds. The van der Waals surface area contributed by atoms with Crippen LogP contribution in [-0.4, -0.2) is 32.1 Å². The third kappa shape index (κ3) is 6.32. The SMILES string of the molecule is CC(C)(C)CC(CNS(=O)(=O)NC1CC1)C(=O)O. The summed E-state index contributed by atoms with van der Waals surface area (Å²) in [5, 5.41) is 9.07. The van der Waals surface area contributed by atoms with Gasteiger partial charge in [0.1, 0.15) is 0 Å². The Hall–Kier alpha value is -0.660. The lowest BCUT2D eigenvalue weighted by atomic mass is 9.85. The third-order valence-corrected chi connectivity index (χ3v) is 3.82. The minimum absolute atomic E-state index is 0.0217. The molecule has 1 aliphatic rings. The summed E-state index contributed by atoms with van der Waals surface area (Å²) < 4.78 is 27.9. The standard InChI is InChI=1S/C11H22N2O4S/c1-11(2,3)6-8(10(14)15)7-12-18(16,17)13-9-4-5-9/h8-9,12-13H,4-7H2,1-3H3,(H,14,15). The van der Waals surface area contributed by atoms with Crippen molar-refractivity contribution in [2.75, 3.05) is 6.54 Å². The van der Waals surface area contributed by atoms with Crippen LogP contribution in [-0.2, 0) is 15.0 Å². The first-order valence-corrected chi connectivity index (χ1v) is 7.57. The fourth-order valence-corrected chi connectivity index (χ4v) is 2.84. The van der Waals surface area contributed by atoms with Gasteiger partial charge < -0.3 is 5.11 Å². The number of nitrogens with one attached hydrogen (secondary N) is 2. The average Bonchev–Trinajstić information content (AvgIpc) is 2.93. The van der Waals surface area contributed by atoms with Gasteiger partial charge in [-0.1, -0.05) is 20.8 Å². The number of carboxylic acid groups (broad SMARTS) is 1. The molecule has 106 valence electrons. The highest BCUT2D eigenvalue weighted by Gasteiger charge is 2.29. The van der Waals surface area contributed by atoms with E-state index in [2.05, 4.69) is 9.44 Å². The minimum Gasteiger partial charge on any atom is -0.481 e. The smallest absolute Gasteiger partial charge is 0.307 e. The molecule has 0 heterocycles. The van der Waals surface area contributed by atoms with E-state index in [1.54, 1.807) is 0 Å². The van der Waals surface area contributed by atoms with Crippen LogP contribution in [0.3, 0.4) is 0 Å². The van der Waals surface area contributed by atoms with E-state index in [-0.39, 0.29) is 18.0 Å². The van der Waals surface area contributed by atoms with E-state index >= 15 is 0 Å². The summed E-state index contributed by atoms with van der Waals surface area (Å²) in [6.07, 6.45) is 2.13. The van der Waals surface area contributed by atoms with Crippen molar-refractivity contribution < 1.29 is 18.3 Å². The maximum Gasteiger partial charge on any atom is 0.307 e. The van der Waals surface area contributed by atoms with Crippen molar-refractivity contribution in [3.05, 3.63) is 0 Å². The van der Waals surface area contributed by atoms with E-state index in [1.165, 1.54) is 0 Å². The Morgan fingerprint density at radius 2 is 1.94 bits per heavy atom. The van der Waals surface area contributed by atoms with Crippen molar-refractivity contribution in [3.8, 4) is 0 Å². The number of aliphatic carboxylic acids is 1. The van der Waals surface area contributed by atoms with Crippen molar-refractivity contribution in [3.63, 3.8) is 0 Å². The molecule has 1 atom stereocenters. The zero-order valence-corrected chi connectivity index (χ0v) is 11.9. The lowest BCUT2D eigenvalue weighted by molar-refractivity contribution is -0.142. The van der Waals surface area contributed by atoms with Crippen molar-refractivity contribution in [2.45, 2.75) is 46.1 Å². The van der Waals surface area contributed by atoms with Crippen LogP contribution in [0, 0.1) is 11.3 Å². The van der Waals surface area contributed by atoms with E-state index in [9.17, 15) is 13.2 Å². The molecule has 0 radical (unpaired) electrons. The van der Waals surface area contributed by atoms with Gasteiger partial charge in [-0.25, -0.2) is 4.72 Å². The Kier molecular flexibility index (Phi) is 4.74. The molecule has 7 heteroatoms. The van der Waals surface area contributed by atoms with Gasteiger partial charge in [0.25, 0.3) is 10.2 Å². The van der Waals surface area contributed by atoms with Crippen LogP contribution in [0.1, 0.15) is 40.0 Å². The molecule has 0 aromatic rings. The van der Waals surface area contributed by atoms with Crippen molar-refractivity contribution in [1.29, 1.82) is 0 Å². The van der Waals surface area contributed by atoms with Crippen LogP contribution in [0.25, 0.3) is 0 Å². The van der Waals surface area contributed by atoms with Crippen LogP contribution in [0.4, 0.5) is 0 Å². The van der Waals surface area contributed by atoms with E-state index in [0.717, 1.165) is 12.8 Å². The zero-order valence-electron chi connectivity index (χ0n) is 11.1. The predicted molar refractivity (Wildman–Crippen MR) is 68.3 cm³/mol. The topological polar surface area (TPSA) is 95.5 Å². The lowest BCUT2D eigenvalue weighted by Crippen LogP contribution is -2.42. The second-order valence-corrected chi connectivity index (χ2v) is 7.58. The molecule has 0 saturated heterocycles. The summed E-state index contributed by atoms with van der Waals surface area (Å²) >= 11 is 0. The number of carboxylic acids is 1. The van der Waals surface area contributed by atoms with Crippen LogP contribution < -0.4 is 9.44 Å². The monoisotopic (exact) mass is 278 g/mol. The Bertz CT molecular complexity index is 396. The molecule has 0 aromatic carbocycles. The first-order chi connectivity index (χ1) is 8.09. The maximum absolute atomic E-state index is 11.6. The molecular weight excluding hydrogens is 256 g/mol. The molecule has 0 aliphatic heterocycles. The molecule has 0 bridgehead atoms. The normalized spacial score (nSPS) is 18.6. The summed E-state index contributed by atoms with van der Waals surface area (Å²) in [6.45, 7) is 5.72. The molecule has 18 heavy (non-hydrogen) atoms. The summed E-state index contributed by atoms with van der Waals surface area (Å²) in [7, 11) is -3.57. The Labute approximate surface area is 108 Å². The van der Waals surface area contributed by atoms with Gasteiger partial charge >= 0.3 is 5.97 Å². The van der Waals surface area contributed by atoms with Crippen molar-refractivity contribution in [2.24, 2.45) is 11.3 Å². The fourth-order valence-electron chi connectivity index (χ4n) is 1.66. The van der Waals surface area contributed by atoms with Gasteiger partial charge in [0.2, 0.25) is 0 Å². The maximum atomic E-state index is 11.6. The van der Waals surface area contributed by atoms with E-state index in [4.69, 9.17) is 5.11 Å². The van der Waals surface area contributed by atoms with Crippen LogP contribution in [0.2, 0.25) is 0 Å². The van der Waals surface area contributed by atoms with Crippen LogP contribution >= 0.6 is 0 Å². The molecule has 3 N–H and O–H groups in total. The zero-order chi connectivity index (χ0) is 14.0. The fraction of sp³-hybridized carbons (Fsp3) is 0.909. The first-order valence-electron chi connectivity index (χ1n) is 6.09. The molecule has 6 nitrogen and oxygen atoms in total. The largest absolute Gasteiger partial charge is 0.481 e. The number of rotatable bonds is 7. The number of hydrogen-bond donors (Lipinski definition) is 3. The van der Waals surface area contributed by atoms with Gasteiger partial charge in [0.05, 0.1) is 5.92 Å². The number of hydrogen-bond acceptors (Lipinski definition) is 3. The molecule has 1 unspecified atom stereocenters. The highest BCUT2D eigenvalue weighted by atomic mass is 32.2. The summed E-state index contributed by atoms with van der Waals surface area (Å²) in [4.78, 5) is 11.1. The molecule has 0 aromatic heterocycles. The van der Waals surface area contributed by atoms with E-state index in [0.29, 0.717) is 6.42 Å². The molecule has 1 saturated carbocycles. The van der Waals surface area contributed by atoms with Gasteiger partial charge in [-0.05, 0) is 24.7 Å². The third-order valence-electron chi connectivity index (χ3n) is 2.63. The lowest BCUT2D eigenvalue weighted by Gasteiger charge is -2.23. The van der Waals surface area contributed by atoms with E-state index in [1.807, 2.05) is 20.8 Å². The van der Waals surface area contributed by atoms with Crippen molar-refractivity contribution in [1.82, 2.24) is 9.44 Å². The Morgan fingerprint density at radius 1 is 1.39 bits per heavy atom. The highest BCUT2D eigenvalue weighted by molar-refractivity contribution is 7.87. The number of carbonyl (C=O) groups is 1. The van der Waals surface area contributed by atoms with Gasteiger partial charge in [0.15, 0.2) is 0 Å². The predicted octanol–water partition coefficient (Wildman–Crippen LogP) is 0.710. The molecule has 1 rings (SSSR count). The molecule has 1 fully saturated rings. The molecular formula is C11H22N2O4S. The molecule has 0 spiro atoms. The summed E-state index contributed by atoms with van der Waals surface area (Å²) in [6, 6.07) is 0.0217. The quantitative estimate of drug-likeness (QED) is 0.639. The summed E-state index contributed by atoms with van der Waals surface area (Å²) in [5.74, 6) is -1.68. The van der Waals surface area contributed by atoms with E-state index < -0.39 is 22.1 Å². The van der Waals surface area contributed by atoms with Crippen LogP contribution in [0.5, 0.6) is 0 Å². The second kappa shape index (κ2) is 5.54. The molecule has 1 aliphatic carbocycles. The average molecular weight is 278 g/mol. The van der Waals surface area contributed by atoms with Gasteiger partial charge in [-0.15, -0.1) is 0 Å². The van der Waals surface area contributed by atoms with Gasteiger partial charge in [-0.2, -0.15) is 13.1 Å². The summed E-state index contributed by atoms with van der Waals surface area (Å²) in [5.41, 5.74) is -0.154. The van der Waals surface area contributed by atoms with Gasteiger partial charge in [-0.3, -0.25) is 4.79 Å². The van der Waals surface area contributed by atoms with Crippen LogP contribution in [0.15, 0.2) is 0 Å².